The van der Waals surface area contributed by atoms with E-state index in [9.17, 15) is 19.5 Å². The number of amides is 2. The molecule has 2 N–H and O–H groups in total. The van der Waals surface area contributed by atoms with Crippen LogP contribution in [0, 0.1) is 17.8 Å². The summed E-state index contributed by atoms with van der Waals surface area (Å²) in [6.45, 7) is 2.27. The molecule has 3 unspecified atom stereocenters. The number of rotatable bonds is 6. The van der Waals surface area contributed by atoms with Gasteiger partial charge in [-0.1, -0.05) is 13.3 Å². The van der Waals surface area contributed by atoms with Crippen molar-refractivity contribution in [3.05, 3.63) is 0 Å². The van der Waals surface area contributed by atoms with Crippen LogP contribution in [0.25, 0.3) is 0 Å². The third-order valence-corrected chi connectivity index (χ3v) is 4.03. The van der Waals surface area contributed by atoms with Gasteiger partial charge >= 0.3 is 5.97 Å². The second-order valence-corrected chi connectivity index (χ2v) is 5.63. The molecular weight excluding hydrogens is 260 g/mol. The van der Waals surface area contributed by atoms with Gasteiger partial charge in [0.05, 0.1) is 11.8 Å². The summed E-state index contributed by atoms with van der Waals surface area (Å²) in [5, 5.41) is 11.9. The van der Waals surface area contributed by atoms with Gasteiger partial charge in [0.1, 0.15) is 0 Å². The predicted octanol–water partition coefficient (Wildman–Crippen LogP) is 0.718. The molecule has 6 nitrogen and oxygen atoms in total. The van der Waals surface area contributed by atoms with Gasteiger partial charge in [0.15, 0.2) is 0 Å². The van der Waals surface area contributed by atoms with E-state index in [0.29, 0.717) is 18.8 Å². The second kappa shape index (κ2) is 7.26. The SMILES string of the molecule is CCC1CC(C(=O)O)C(C(=O)NCCC(=O)N(C)C)C1. The van der Waals surface area contributed by atoms with Gasteiger partial charge in [-0.2, -0.15) is 0 Å². The predicted molar refractivity (Wildman–Crippen MR) is 74.0 cm³/mol. The van der Waals surface area contributed by atoms with Crippen LogP contribution < -0.4 is 5.32 Å². The number of carbonyl (C=O) groups excluding carboxylic acids is 2. The Bertz CT molecular complexity index is 381. The molecule has 1 saturated carbocycles. The van der Waals surface area contributed by atoms with Crippen LogP contribution in [0.15, 0.2) is 0 Å². The number of carboxylic acid groups (broad SMARTS) is 1. The molecule has 114 valence electrons. The molecular formula is C14H24N2O4. The quantitative estimate of drug-likeness (QED) is 0.752. The minimum Gasteiger partial charge on any atom is -0.481 e. The molecule has 20 heavy (non-hydrogen) atoms. The second-order valence-electron chi connectivity index (χ2n) is 5.63. The number of nitrogens with one attached hydrogen (secondary N) is 1. The topological polar surface area (TPSA) is 86.7 Å². The van der Waals surface area contributed by atoms with E-state index in [1.807, 2.05) is 6.92 Å². The first-order valence-electron chi connectivity index (χ1n) is 7.07. The van der Waals surface area contributed by atoms with Crippen molar-refractivity contribution in [2.24, 2.45) is 17.8 Å². The maximum absolute atomic E-state index is 12.1. The summed E-state index contributed by atoms with van der Waals surface area (Å²) < 4.78 is 0. The van der Waals surface area contributed by atoms with Crippen molar-refractivity contribution in [2.75, 3.05) is 20.6 Å². The molecule has 0 aliphatic heterocycles. The van der Waals surface area contributed by atoms with E-state index >= 15 is 0 Å². The largest absolute Gasteiger partial charge is 0.481 e. The van der Waals surface area contributed by atoms with Crippen molar-refractivity contribution in [3.8, 4) is 0 Å². The molecule has 6 heteroatoms. The monoisotopic (exact) mass is 284 g/mol. The number of aliphatic carboxylic acids is 1. The Morgan fingerprint density at radius 1 is 1.20 bits per heavy atom. The van der Waals surface area contributed by atoms with Gasteiger partial charge < -0.3 is 15.3 Å². The standard InChI is InChI=1S/C14H24N2O4/c1-4-9-7-10(11(8-9)14(19)20)13(18)15-6-5-12(17)16(2)3/h9-11H,4-8H2,1-3H3,(H,15,18)(H,19,20). The fourth-order valence-electron chi connectivity index (χ4n) is 2.69. The zero-order chi connectivity index (χ0) is 15.3. The molecule has 1 aliphatic rings. The smallest absolute Gasteiger partial charge is 0.307 e. The Kier molecular flexibility index (Phi) is 5.98. The number of carbonyl (C=O) groups is 3. The summed E-state index contributed by atoms with van der Waals surface area (Å²) in [6.07, 6.45) is 2.33. The van der Waals surface area contributed by atoms with E-state index in [0.717, 1.165) is 6.42 Å². The Balaban J connectivity index is 2.49. The molecule has 0 saturated heterocycles. The van der Waals surface area contributed by atoms with Crippen LogP contribution in [0.1, 0.15) is 32.6 Å². The van der Waals surface area contributed by atoms with Gasteiger partial charge in [0.25, 0.3) is 0 Å². The third-order valence-electron chi connectivity index (χ3n) is 4.03. The zero-order valence-corrected chi connectivity index (χ0v) is 12.4. The van der Waals surface area contributed by atoms with Crippen molar-refractivity contribution < 1.29 is 19.5 Å². The molecule has 1 fully saturated rings. The lowest BCUT2D eigenvalue weighted by atomic mass is 9.95. The van der Waals surface area contributed by atoms with Crippen LogP contribution in [0.5, 0.6) is 0 Å². The molecule has 0 radical (unpaired) electrons. The number of carboxylic acids is 1. The van der Waals surface area contributed by atoms with Crippen LogP contribution >= 0.6 is 0 Å². The van der Waals surface area contributed by atoms with Crippen LogP contribution in [0.2, 0.25) is 0 Å². The molecule has 3 atom stereocenters. The van der Waals surface area contributed by atoms with Crippen molar-refractivity contribution >= 4 is 17.8 Å². The molecule has 1 rings (SSSR count). The van der Waals surface area contributed by atoms with Crippen LogP contribution in [-0.4, -0.2) is 48.4 Å². The molecule has 0 aromatic carbocycles. The van der Waals surface area contributed by atoms with Gasteiger partial charge in [-0.15, -0.1) is 0 Å². The molecule has 0 spiro atoms. The molecule has 0 bridgehead atoms. The maximum Gasteiger partial charge on any atom is 0.307 e. The normalized spacial score (nSPS) is 25.2. The average molecular weight is 284 g/mol. The minimum atomic E-state index is -0.898. The van der Waals surface area contributed by atoms with E-state index in [2.05, 4.69) is 5.32 Å². The summed E-state index contributed by atoms with van der Waals surface area (Å²) in [5.41, 5.74) is 0. The van der Waals surface area contributed by atoms with Crippen LogP contribution in [0.3, 0.4) is 0 Å². The summed E-state index contributed by atoms with van der Waals surface area (Å²) in [6, 6.07) is 0. The lowest BCUT2D eigenvalue weighted by Gasteiger charge is -2.16. The summed E-state index contributed by atoms with van der Waals surface area (Å²) in [4.78, 5) is 36.1. The Hall–Kier alpha value is -1.59. The fourth-order valence-corrected chi connectivity index (χ4v) is 2.69. The highest BCUT2D eigenvalue weighted by atomic mass is 16.4. The number of hydrogen-bond acceptors (Lipinski definition) is 3. The minimum absolute atomic E-state index is 0.0575. The highest BCUT2D eigenvalue weighted by Gasteiger charge is 2.41. The Labute approximate surface area is 119 Å². The molecule has 0 aromatic heterocycles. The van der Waals surface area contributed by atoms with E-state index in [4.69, 9.17) is 0 Å². The first-order valence-corrected chi connectivity index (χ1v) is 7.07. The average Bonchev–Trinajstić information content (AvgIpc) is 2.82. The Morgan fingerprint density at radius 2 is 1.80 bits per heavy atom. The maximum atomic E-state index is 12.1. The lowest BCUT2D eigenvalue weighted by molar-refractivity contribution is -0.146. The van der Waals surface area contributed by atoms with Crippen LogP contribution in [-0.2, 0) is 14.4 Å². The van der Waals surface area contributed by atoms with E-state index in [1.165, 1.54) is 4.90 Å². The zero-order valence-electron chi connectivity index (χ0n) is 12.4. The van der Waals surface area contributed by atoms with E-state index < -0.39 is 17.8 Å². The lowest BCUT2D eigenvalue weighted by Crippen LogP contribution is -2.37. The summed E-state index contributed by atoms with van der Waals surface area (Å²) >= 11 is 0. The molecule has 0 aromatic rings. The molecule has 1 aliphatic carbocycles. The van der Waals surface area contributed by atoms with E-state index in [1.54, 1.807) is 14.1 Å². The van der Waals surface area contributed by atoms with Crippen molar-refractivity contribution in [3.63, 3.8) is 0 Å². The van der Waals surface area contributed by atoms with Crippen molar-refractivity contribution in [1.29, 1.82) is 0 Å². The van der Waals surface area contributed by atoms with Gasteiger partial charge in [0.2, 0.25) is 11.8 Å². The summed E-state index contributed by atoms with van der Waals surface area (Å²) in [7, 11) is 3.32. The van der Waals surface area contributed by atoms with Gasteiger partial charge in [-0.05, 0) is 18.8 Å². The van der Waals surface area contributed by atoms with Gasteiger partial charge in [0, 0.05) is 27.1 Å². The molecule has 2 amide bonds. The third kappa shape index (κ3) is 4.21. The Morgan fingerprint density at radius 3 is 2.30 bits per heavy atom. The van der Waals surface area contributed by atoms with Crippen molar-refractivity contribution in [2.45, 2.75) is 32.6 Å². The first kappa shape index (κ1) is 16.5. The summed E-state index contributed by atoms with van der Waals surface area (Å²) in [5.74, 6) is -1.95. The highest BCUT2D eigenvalue weighted by molar-refractivity contribution is 5.85. The highest BCUT2D eigenvalue weighted by Crippen LogP contribution is 2.38. The van der Waals surface area contributed by atoms with Gasteiger partial charge in [-0.25, -0.2) is 0 Å². The first-order chi connectivity index (χ1) is 9.36. The van der Waals surface area contributed by atoms with Crippen LogP contribution in [0.4, 0.5) is 0 Å². The number of hydrogen-bond donors (Lipinski definition) is 2. The molecule has 0 heterocycles. The fraction of sp³-hybridized carbons (Fsp3) is 0.786. The van der Waals surface area contributed by atoms with E-state index in [-0.39, 0.29) is 24.8 Å². The van der Waals surface area contributed by atoms with Gasteiger partial charge in [-0.3, -0.25) is 14.4 Å². The number of nitrogens with zero attached hydrogens (tertiary/aromatic N) is 1. The van der Waals surface area contributed by atoms with Crippen molar-refractivity contribution in [1.82, 2.24) is 10.2 Å².